The third-order valence-electron chi connectivity index (χ3n) is 9.57. The summed E-state index contributed by atoms with van der Waals surface area (Å²) in [6.45, 7) is 9.19. The topological polar surface area (TPSA) is 141 Å². The van der Waals surface area contributed by atoms with Crippen LogP contribution < -0.4 is 19.9 Å². The van der Waals surface area contributed by atoms with Crippen LogP contribution in [-0.4, -0.2) is 56.4 Å². The Bertz CT molecular complexity index is 2030. The van der Waals surface area contributed by atoms with Gasteiger partial charge in [-0.05, 0) is 101 Å². The second-order valence-electron chi connectivity index (χ2n) is 13.6. The number of para-hydroxylation sites is 1. The first kappa shape index (κ1) is 39.1. The minimum Gasteiger partial charge on any atom is -0.497 e. The maximum absolute atomic E-state index is 12.5. The van der Waals surface area contributed by atoms with E-state index in [0.717, 1.165) is 79.7 Å². The Balaban J connectivity index is 0.000000163. The number of amides is 2. The van der Waals surface area contributed by atoms with Crippen LogP contribution in [0.4, 0.5) is 0 Å². The van der Waals surface area contributed by atoms with E-state index in [-0.39, 0.29) is 28.7 Å². The van der Waals surface area contributed by atoms with Crippen LogP contribution in [0.15, 0.2) is 108 Å². The van der Waals surface area contributed by atoms with Crippen LogP contribution in [0.25, 0.3) is 22.2 Å². The molecule has 0 radical (unpaired) electrons. The van der Waals surface area contributed by atoms with Crippen molar-refractivity contribution in [2.75, 3.05) is 20.3 Å². The number of pyridine rings is 1. The van der Waals surface area contributed by atoms with Gasteiger partial charge in [0, 0.05) is 35.2 Å². The highest BCUT2D eigenvalue weighted by molar-refractivity contribution is 7.90. The second kappa shape index (κ2) is 18.1. The third-order valence-corrected chi connectivity index (χ3v) is 11.0. The Morgan fingerprint density at radius 3 is 2.49 bits per heavy atom. The molecular weight excluding hydrogens is 689 g/mol. The van der Waals surface area contributed by atoms with E-state index in [2.05, 4.69) is 48.6 Å². The van der Waals surface area contributed by atoms with Gasteiger partial charge < -0.3 is 20.1 Å². The van der Waals surface area contributed by atoms with Crippen molar-refractivity contribution < 1.29 is 27.5 Å². The summed E-state index contributed by atoms with van der Waals surface area (Å²) < 4.78 is 38.0. The van der Waals surface area contributed by atoms with Crippen LogP contribution in [0.2, 0.25) is 0 Å². The minimum absolute atomic E-state index is 0.0240. The molecule has 11 heteroatoms. The first-order valence-electron chi connectivity index (χ1n) is 18.2. The summed E-state index contributed by atoms with van der Waals surface area (Å²) in [5, 5.41) is 1.17. The first-order chi connectivity index (χ1) is 25.5. The van der Waals surface area contributed by atoms with Crippen LogP contribution in [0.5, 0.6) is 11.5 Å². The number of methoxy groups -OCH3 is 1. The number of nitrogens with two attached hydrogens (primary N) is 1. The monoisotopic (exact) mass is 738 g/mol. The summed E-state index contributed by atoms with van der Waals surface area (Å²) in [7, 11) is -2.23. The maximum Gasteiger partial charge on any atom is 0.267 e. The van der Waals surface area contributed by atoms with Gasteiger partial charge in [-0.1, -0.05) is 61.2 Å². The number of allylic oxidation sites excluding steroid dienone is 3. The average Bonchev–Trinajstić information content (AvgIpc) is 3.75. The summed E-state index contributed by atoms with van der Waals surface area (Å²) in [6.07, 6.45) is 10.7. The summed E-state index contributed by atoms with van der Waals surface area (Å²) in [5.74, 6) is 0.411. The number of hydrogen-bond acceptors (Lipinski definition) is 8. The largest absolute Gasteiger partial charge is 0.497 e. The Kier molecular flexibility index (Phi) is 13.3. The molecule has 2 aliphatic heterocycles. The summed E-state index contributed by atoms with van der Waals surface area (Å²) >= 11 is 0. The highest BCUT2D eigenvalue weighted by Crippen LogP contribution is 2.40. The molecule has 0 bridgehead atoms. The Morgan fingerprint density at radius 1 is 1.02 bits per heavy atom. The van der Waals surface area contributed by atoms with Crippen LogP contribution >= 0.6 is 0 Å². The van der Waals surface area contributed by atoms with Crippen molar-refractivity contribution in [2.45, 2.75) is 69.7 Å². The van der Waals surface area contributed by atoms with Gasteiger partial charge in [0.15, 0.2) is 0 Å². The molecule has 3 aliphatic rings. The van der Waals surface area contributed by atoms with Gasteiger partial charge in [-0.2, -0.15) is 0 Å². The molecule has 1 aromatic heterocycles. The zero-order valence-corrected chi connectivity index (χ0v) is 31.6. The number of primary amides is 1. The van der Waals surface area contributed by atoms with Crippen molar-refractivity contribution in [1.82, 2.24) is 14.6 Å². The van der Waals surface area contributed by atoms with Gasteiger partial charge in [0.25, 0.3) is 10.0 Å². The minimum atomic E-state index is -3.90. The summed E-state index contributed by atoms with van der Waals surface area (Å²) in [5.41, 5.74) is 10.5. The van der Waals surface area contributed by atoms with E-state index in [4.69, 9.17) is 20.2 Å². The first-order valence-corrected chi connectivity index (χ1v) is 19.6. The number of sulfonamides is 1. The van der Waals surface area contributed by atoms with E-state index in [9.17, 15) is 18.0 Å². The number of nitrogens with zero attached hydrogens (tertiary/aromatic N) is 2. The van der Waals surface area contributed by atoms with Crippen LogP contribution in [0, 0.1) is 18.8 Å². The quantitative estimate of drug-likeness (QED) is 0.208. The van der Waals surface area contributed by atoms with E-state index >= 15 is 0 Å². The number of benzene rings is 3. The number of likely N-dealkylation sites (tertiary alicyclic amines) is 1. The lowest BCUT2D eigenvalue weighted by atomic mass is 10.1. The molecule has 3 N–H and O–H groups in total. The van der Waals surface area contributed by atoms with Crippen molar-refractivity contribution in [3.8, 4) is 22.8 Å². The third kappa shape index (κ3) is 10.5. The highest BCUT2D eigenvalue weighted by atomic mass is 32.2. The normalized spacial score (nSPS) is 21.2. The second-order valence-corrected chi connectivity index (χ2v) is 15.3. The molecular formula is C42H50N4O6S. The predicted octanol–water partition coefficient (Wildman–Crippen LogP) is 7.33. The lowest BCUT2D eigenvalue weighted by molar-refractivity contribution is -0.122. The van der Waals surface area contributed by atoms with E-state index in [1.165, 1.54) is 17.0 Å². The zero-order valence-electron chi connectivity index (χ0n) is 30.8. The molecule has 2 amide bonds. The molecule has 53 heavy (non-hydrogen) atoms. The number of fused-ring (bicyclic) bond motifs is 3. The molecule has 280 valence electrons. The molecule has 1 saturated heterocycles. The molecule has 3 atom stereocenters. The van der Waals surface area contributed by atoms with Crippen molar-refractivity contribution in [3.05, 3.63) is 109 Å². The van der Waals surface area contributed by atoms with Crippen LogP contribution in [0.3, 0.4) is 0 Å². The van der Waals surface area contributed by atoms with Gasteiger partial charge in [0.1, 0.15) is 22.4 Å². The van der Waals surface area contributed by atoms with Gasteiger partial charge in [-0.25, -0.2) is 18.1 Å². The average molecular weight is 739 g/mol. The Hall–Kier alpha value is -5.16. The molecule has 0 spiro atoms. The van der Waals surface area contributed by atoms with E-state index in [1.54, 1.807) is 25.3 Å². The van der Waals surface area contributed by atoms with Gasteiger partial charge in [0.2, 0.25) is 11.8 Å². The number of aromatic nitrogens is 1. The molecule has 3 aromatic carbocycles. The van der Waals surface area contributed by atoms with Gasteiger partial charge in [0.05, 0.1) is 24.9 Å². The van der Waals surface area contributed by atoms with Crippen molar-refractivity contribution in [1.29, 1.82) is 0 Å². The van der Waals surface area contributed by atoms with Crippen molar-refractivity contribution >= 4 is 32.7 Å². The van der Waals surface area contributed by atoms with Gasteiger partial charge >= 0.3 is 0 Å². The van der Waals surface area contributed by atoms with E-state index in [1.807, 2.05) is 48.2 Å². The van der Waals surface area contributed by atoms with Crippen molar-refractivity contribution in [3.63, 3.8) is 0 Å². The number of aryl methyl sites for hydroxylation is 1. The standard InChI is InChI=1S/C17H21NO4S.C17H15NO.C8H14N2O/c19-17-14-12-13(14)8-4-2-1-3-7-11-22-15-9-5-6-10-16(15)23(20,21)18-17;1-12-10-16(13-6-4-3-5-7-13)18-17-11-14(19-2)8-9-15(12)17;1-6(2)10-5-3-4-7(10)8(9)11/h4-6,8-10,13-14H,1-3,7,11-12H2,(H,18,19);3-11H,1-2H3;7H,1,3-5H2,2H3,(H2,9,11)/b8-4-;;/t13-,14+;;7-/m1.0/s1. The van der Waals surface area contributed by atoms with Gasteiger partial charge in [-0.3, -0.25) is 9.59 Å². The fourth-order valence-electron chi connectivity index (χ4n) is 6.56. The number of nitrogens with one attached hydrogen (secondary N) is 1. The number of rotatable bonds is 4. The molecule has 10 nitrogen and oxygen atoms in total. The fourth-order valence-corrected chi connectivity index (χ4v) is 7.74. The summed E-state index contributed by atoms with van der Waals surface area (Å²) in [6, 6.07) is 24.7. The Labute approximate surface area is 313 Å². The SMILES string of the molecule is C=C(C)N1CCC[C@H]1C(N)=O.COc1ccc2c(C)cc(-c3ccccc3)nc2c1.O=C1NS(=O)(=O)c2ccccc2OCCCCC/C=C\[C@@H]2C[C@H]12. The fraction of sp³-hybridized carbons (Fsp3) is 0.357. The number of carbonyl (C=O) groups is 2. The molecule has 0 unspecified atom stereocenters. The zero-order chi connectivity index (χ0) is 38.0. The lowest BCUT2D eigenvalue weighted by Crippen LogP contribution is -2.38. The molecule has 1 saturated carbocycles. The predicted molar refractivity (Wildman–Crippen MR) is 209 cm³/mol. The maximum atomic E-state index is 12.5. The smallest absolute Gasteiger partial charge is 0.267 e. The van der Waals surface area contributed by atoms with Crippen molar-refractivity contribution in [2.24, 2.45) is 17.6 Å². The Morgan fingerprint density at radius 2 is 1.77 bits per heavy atom. The number of ether oxygens (including phenoxy) is 2. The lowest BCUT2D eigenvalue weighted by Gasteiger charge is -2.23. The molecule has 3 heterocycles. The molecule has 4 aromatic rings. The highest BCUT2D eigenvalue weighted by Gasteiger charge is 2.42. The summed E-state index contributed by atoms with van der Waals surface area (Å²) in [4.78, 5) is 29.7. The van der Waals surface area contributed by atoms with Gasteiger partial charge in [-0.15, -0.1) is 0 Å². The van der Waals surface area contributed by atoms with Crippen LogP contribution in [0.1, 0.15) is 57.4 Å². The number of hydrogen-bond donors (Lipinski definition) is 2. The number of carbonyl (C=O) groups excluding carboxylic acids is 2. The molecule has 7 rings (SSSR count). The van der Waals surface area contributed by atoms with Crippen LogP contribution in [-0.2, 0) is 19.6 Å². The van der Waals surface area contributed by atoms with E-state index in [0.29, 0.717) is 12.4 Å². The molecule has 2 fully saturated rings. The van der Waals surface area contributed by atoms with E-state index < -0.39 is 15.9 Å². The molecule has 1 aliphatic carbocycles.